The molecule has 1 aliphatic heterocycles. The lowest BCUT2D eigenvalue weighted by Gasteiger charge is -2.34. The molecule has 10 heteroatoms. The zero-order valence-electron chi connectivity index (χ0n) is 22.7. The van der Waals surface area contributed by atoms with Gasteiger partial charge >= 0.3 is 0 Å². The number of pyridine rings is 1. The van der Waals surface area contributed by atoms with Gasteiger partial charge in [0.05, 0.1) is 17.8 Å². The predicted octanol–water partition coefficient (Wildman–Crippen LogP) is 5.31. The number of thiophene rings is 1. The smallest absolute Gasteiger partial charge is 0.262 e. The maximum atomic E-state index is 15.7. The summed E-state index contributed by atoms with van der Waals surface area (Å²) in [5.41, 5.74) is 9.15. The fraction of sp³-hybridized carbons (Fsp3) is 0.226. The third-order valence-electron chi connectivity index (χ3n) is 7.71. The molecule has 2 aromatic carbocycles. The van der Waals surface area contributed by atoms with E-state index in [0.29, 0.717) is 23.5 Å². The van der Waals surface area contributed by atoms with Gasteiger partial charge in [-0.2, -0.15) is 5.10 Å². The molecule has 1 saturated heterocycles. The average molecular weight is 569 g/mol. The summed E-state index contributed by atoms with van der Waals surface area (Å²) >= 11 is 1.56. The van der Waals surface area contributed by atoms with Crippen molar-refractivity contribution in [3.8, 4) is 21.6 Å². The number of carbonyl (C=O) groups excluding carboxylic acids is 2. The van der Waals surface area contributed by atoms with Crippen molar-refractivity contribution in [1.29, 1.82) is 0 Å². The minimum atomic E-state index is -0.586. The molecule has 2 amide bonds. The zero-order valence-corrected chi connectivity index (χ0v) is 23.5. The van der Waals surface area contributed by atoms with Crippen molar-refractivity contribution in [3.05, 3.63) is 89.6 Å². The second-order valence-corrected chi connectivity index (χ2v) is 11.3. The highest BCUT2D eigenvalue weighted by molar-refractivity contribution is 7.22. The van der Waals surface area contributed by atoms with Crippen LogP contribution in [0.3, 0.4) is 0 Å². The molecule has 8 nitrogen and oxygen atoms in total. The van der Waals surface area contributed by atoms with Crippen LogP contribution in [0.25, 0.3) is 31.7 Å². The number of anilines is 1. The summed E-state index contributed by atoms with van der Waals surface area (Å²) < 4.78 is 18.3. The van der Waals surface area contributed by atoms with Crippen LogP contribution in [0.2, 0.25) is 0 Å². The topological polar surface area (TPSA) is 106 Å². The van der Waals surface area contributed by atoms with Gasteiger partial charge in [-0.15, -0.1) is 11.3 Å². The molecule has 0 unspecified atom stereocenters. The molecule has 3 aromatic heterocycles. The Morgan fingerprint density at radius 2 is 1.90 bits per heavy atom. The second-order valence-electron chi connectivity index (χ2n) is 10.2. The molecule has 0 radical (unpaired) electrons. The highest BCUT2D eigenvalue weighted by atomic mass is 32.1. The SMILES string of the molecule is Cc1c(-c2ccc(C(=O)N(c3nccc4sc(-c5ccc(C(N)=O)cc5)cc34)[C@@H]3CCCNC3)c(F)c2)cnn1C. The summed E-state index contributed by atoms with van der Waals surface area (Å²) in [6.45, 7) is 3.38. The molecule has 0 aliphatic carbocycles. The number of benzene rings is 2. The minimum Gasteiger partial charge on any atom is -0.366 e. The van der Waals surface area contributed by atoms with E-state index in [4.69, 9.17) is 5.73 Å². The van der Waals surface area contributed by atoms with Crippen LogP contribution in [0.4, 0.5) is 10.2 Å². The molecule has 0 spiro atoms. The standard InChI is InChI=1S/C31H29FN6O2S/c1-18-25(17-36-37(18)2)21-9-10-23(26(32)14-21)31(40)38(22-4-3-12-34-16-22)30-24-15-28(41-27(24)11-13-35-30)19-5-7-20(8-6-19)29(33)39/h5-11,13-15,17,22,34H,3-4,12,16H2,1-2H3,(H2,33,39)/t22-/m1/s1. The monoisotopic (exact) mass is 568 g/mol. The van der Waals surface area contributed by atoms with E-state index in [9.17, 15) is 9.59 Å². The summed E-state index contributed by atoms with van der Waals surface area (Å²) in [4.78, 5) is 33.0. The van der Waals surface area contributed by atoms with Crippen LogP contribution in [0.15, 0.2) is 67.0 Å². The summed E-state index contributed by atoms with van der Waals surface area (Å²) in [5.74, 6) is -0.990. The number of hydrogen-bond donors (Lipinski definition) is 2. The van der Waals surface area contributed by atoms with Crippen LogP contribution in [0.5, 0.6) is 0 Å². The molecular formula is C31H29FN6O2S. The van der Waals surface area contributed by atoms with Gasteiger partial charge in [-0.05, 0) is 73.8 Å². The van der Waals surface area contributed by atoms with Crippen molar-refractivity contribution >= 4 is 39.1 Å². The summed E-state index contributed by atoms with van der Waals surface area (Å²) in [7, 11) is 1.84. The Hall–Kier alpha value is -4.41. The number of hydrogen-bond acceptors (Lipinski definition) is 6. The minimum absolute atomic E-state index is 0.00263. The van der Waals surface area contributed by atoms with Crippen LogP contribution >= 0.6 is 11.3 Å². The van der Waals surface area contributed by atoms with E-state index < -0.39 is 17.6 Å². The lowest BCUT2D eigenvalue weighted by atomic mass is 10.0. The van der Waals surface area contributed by atoms with E-state index >= 15 is 4.39 Å². The number of piperidine rings is 1. The molecule has 3 N–H and O–H groups in total. The normalized spacial score (nSPS) is 15.2. The molecule has 6 rings (SSSR count). The molecule has 1 atom stereocenters. The number of carbonyl (C=O) groups is 2. The van der Waals surface area contributed by atoms with Gasteiger partial charge in [-0.3, -0.25) is 19.2 Å². The number of amides is 2. The van der Waals surface area contributed by atoms with Gasteiger partial charge in [0.25, 0.3) is 5.91 Å². The largest absolute Gasteiger partial charge is 0.366 e. The Balaban J connectivity index is 1.41. The number of nitrogens with zero attached hydrogens (tertiary/aromatic N) is 4. The maximum Gasteiger partial charge on any atom is 0.262 e. The van der Waals surface area contributed by atoms with Gasteiger partial charge in [-0.25, -0.2) is 9.37 Å². The van der Waals surface area contributed by atoms with Crippen molar-refractivity contribution in [2.45, 2.75) is 25.8 Å². The molecule has 0 bridgehead atoms. The van der Waals surface area contributed by atoms with Gasteiger partial charge in [0.1, 0.15) is 11.6 Å². The Morgan fingerprint density at radius 1 is 1.12 bits per heavy atom. The molecule has 41 heavy (non-hydrogen) atoms. The lowest BCUT2D eigenvalue weighted by Crippen LogP contribution is -2.49. The van der Waals surface area contributed by atoms with Crippen molar-refractivity contribution in [3.63, 3.8) is 0 Å². The Labute approximate surface area is 240 Å². The highest BCUT2D eigenvalue weighted by Crippen LogP contribution is 2.39. The number of halogens is 1. The number of fused-ring (bicyclic) bond motifs is 1. The molecule has 208 valence electrons. The van der Waals surface area contributed by atoms with E-state index in [-0.39, 0.29) is 11.6 Å². The third-order valence-corrected chi connectivity index (χ3v) is 8.86. The van der Waals surface area contributed by atoms with E-state index in [1.165, 1.54) is 6.07 Å². The fourth-order valence-corrected chi connectivity index (χ4v) is 6.40. The lowest BCUT2D eigenvalue weighted by molar-refractivity contribution is 0.0966. The third kappa shape index (κ3) is 5.00. The molecule has 1 aliphatic rings. The van der Waals surface area contributed by atoms with Crippen molar-refractivity contribution in [1.82, 2.24) is 20.1 Å². The number of primary amides is 1. The highest BCUT2D eigenvalue weighted by Gasteiger charge is 2.32. The fourth-order valence-electron chi connectivity index (χ4n) is 5.34. The van der Waals surface area contributed by atoms with Crippen LogP contribution in [-0.4, -0.2) is 45.7 Å². The first-order valence-corrected chi connectivity index (χ1v) is 14.2. The van der Waals surface area contributed by atoms with Crippen LogP contribution in [0.1, 0.15) is 39.3 Å². The summed E-state index contributed by atoms with van der Waals surface area (Å²) in [5, 5.41) is 8.45. The average Bonchev–Trinajstić information content (AvgIpc) is 3.57. The van der Waals surface area contributed by atoms with Crippen LogP contribution in [-0.2, 0) is 7.05 Å². The number of nitrogens with two attached hydrogens (primary N) is 1. The molecule has 4 heterocycles. The number of aryl methyl sites for hydroxylation is 1. The molecule has 0 saturated carbocycles. The summed E-state index contributed by atoms with van der Waals surface area (Å²) in [6.07, 6.45) is 5.06. The number of nitrogens with one attached hydrogen (secondary N) is 1. The number of aromatic nitrogens is 3. The Bertz CT molecular complexity index is 1770. The van der Waals surface area contributed by atoms with Gasteiger partial charge < -0.3 is 11.1 Å². The van der Waals surface area contributed by atoms with Gasteiger partial charge in [-0.1, -0.05) is 18.2 Å². The van der Waals surface area contributed by atoms with Gasteiger partial charge in [0, 0.05) is 51.6 Å². The van der Waals surface area contributed by atoms with Crippen molar-refractivity contribution in [2.24, 2.45) is 12.8 Å². The van der Waals surface area contributed by atoms with E-state index in [0.717, 1.165) is 51.2 Å². The number of rotatable bonds is 6. The Kier molecular flexibility index (Phi) is 7.10. The molecular weight excluding hydrogens is 539 g/mol. The maximum absolute atomic E-state index is 15.7. The summed E-state index contributed by atoms with van der Waals surface area (Å²) in [6, 6.07) is 15.6. The Morgan fingerprint density at radius 3 is 2.56 bits per heavy atom. The first kappa shape index (κ1) is 26.8. The van der Waals surface area contributed by atoms with Crippen LogP contribution in [0, 0.1) is 12.7 Å². The second kappa shape index (κ2) is 10.9. The zero-order chi connectivity index (χ0) is 28.7. The van der Waals surface area contributed by atoms with Crippen molar-refractivity contribution < 1.29 is 14.0 Å². The van der Waals surface area contributed by atoms with E-state index in [1.54, 1.807) is 57.6 Å². The van der Waals surface area contributed by atoms with E-state index in [2.05, 4.69) is 15.4 Å². The van der Waals surface area contributed by atoms with Crippen LogP contribution < -0.4 is 16.0 Å². The molecule has 5 aromatic rings. The van der Waals surface area contributed by atoms with Gasteiger partial charge in [0.15, 0.2) is 0 Å². The quantitative estimate of drug-likeness (QED) is 0.289. The first-order valence-electron chi connectivity index (χ1n) is 13.4. The van der Waals surface area contributed by atoms with Crippen molar-refractivity contribution in [2.75, 3.05) is 18.0 Å². The predicted molar refractivity (Wildman–Crippen MR) is 160 cm³/mol. The van der Waals surface area contributed by atoms with E-state index in [1.807, 2.05) is 38.2 Å². The first-order chi connectivity index (χ1) is 19.8. The van der Waals surface area contributed by atoms with Gasteiger partial charge in [0.2, 0.25) is 5.91 Å². The molecule has 1 fully saturated rings.